The third-order valence-electron chi connectivity index (χ3n) is 5.85. The van der Waals surface area contributed by atoms with Crippen molar-refractivity contribution in [1.29, 1.82) is 0 Å². The van der Waals surface area contributed by atoms with Gasteiger partial charge in [0.05, 0.1) is 11.0 Å². The van der Waals surface area contributed by atoms with Gasteiger partial charge in [-0.1, -0.05) is 83.0 Å². The van der Waals surface area contributed by atoms with Gasteiger partial charge in [0.2, 0.25) is 11.8 Å². The number of carbonyl (C=O) groups excluding carboxylic acids is 2. The van der Waals surface area contributed by atoms with Crippen LogP contribution >= 0.6 is 0 Å². The summed E-state index contributed by atoms with van der Waals surface area (Å²) in [5, 5.41) is 40.9. The molecule has 42 heavy (non-hydrogen) atoms. The molecule has 2 heterocycles. The number of amides is 4. The number of urea groups is 2. The fourth-order valence-corrected chi connectivity index (χ4v) is 3.96. The molecule has 2 aromatic heterocycles. The number of nitrogens with one attached hydrogen (secondary N) is 4. The van der Waals surface area contributed by atoms with Crippen LogP contribution in [0.4, 0.5) is 32.3 Å². The van der Waals surface area contributed by atoms with Gasteiger partial charge >= 0.3 is 12.1 Å². The molecule has 0 saturated carbocycles. The molecule has 4 amide bonds. The summed E-state index contributed by atoms with van der Waals surface area (Å²) in [5.41, 5.74) is 3.21. The Bertz CT molecular complexity index is 1760. The van der Waals surface area contributed by atoms with Gasteiger partial charge < -0.3 is 30.8 Å². The summed E-state index contributed by atoms with van der Waals surface area (Å²) in [5.74, 6) is -0.236. The molecule has 0 spiro atoms. The van der Waals surface area contributed by atoms with E-state index in [2.05, 4.69) is 41.1 Å². The summed E-state index contributed by atoms with van der Waals surface area (Å²) in [6, 6.07) is 31.2. The van der Waals surface area contributed by atoms with E-state index in [1.807, 2.05) is 36.4 Å². The van der Waals surface area contributed by atoms with Crippen LogP contribution in [0.2, 0.25) is 0 Å². The normalized spacial score (nSPS) is 11.0. The summed E-state index contributed by atoms with van der Waals surface area (Å²) in [6.45, 7) is 0. The first-order chi connectivity index (χ1) is 20.5. The van der Waals surface area contributed by atoms with Crippen LogP contribution in [0.5, 0.6) is 11.8 Å². The van der Waals surface area contributed by atoms with Gasteiger partial charge in [-0.2, -0.15) is 0 Å². The zero-order valence-corrected chi connectivity index (χ0v) is 21.9. The molecule has 12 heteroatoms. The topological polar surface area (TPSA) is 180 Å². The monoisotopic (exact) mass is 560 g/mol. The average molecular weight is 561 g/mol. The second-order valence-corrected chi connectivity index (χ2v) is 8.73. The number of anilines is 2. The first-order valence-electron chi connectivity index (χ1n) is 12.6. The number of azo groups is 2. The Kier molecular flexibility index (Phi) is 8.25. The number of H-pyrrole nitrogens is 2. The lowest BCUT2D eigenvalue weighted by molar-refractivity contribution is 0.257. The van der Waals surface area contributed by atoms with E-state index in [0.717, 1.165) is 11.0 Å². The molecule has 0 unspecified atom stereocenters. The van der Waals surface area contributed by atoms with Crippen LogP contribution in [0, 0.1) is 0 Å². The predicted molar refractivity (Wildman–Crippen MR) is 160 cm³/mol. The van der Waals surface area contributed by atoms with Crippen LogP contribution in [0.25, 0.3) is 21.8 Å². The number of aromatic hydroxyl groups is 2. The van der Waals surface area contributed by atoms with Gasteiger partial charge in [0, 0.05) is 22.1 Å². The number of benzene rings is 4. The van der Waals surface area contributed by atoms with E-state index in [-0.39, 0.29) is 23.1 Å². The van der Waals surface area contributed by atoms with Crippen LogP contribution in [-0.4, -0.2) is 32.2 Å². The van der Waals surface area contributed by atoms with Gasteiger partial charge in [0.1, 0.15) is 0 Å². The van der Waals surface area contributed by atoms with E-state index in [4.69, 9.17) is 0 Å². The van der Waals surface area contributed by atoms with Crippen LogP contribution < -0.4 is 10.6 Å². The third kappa shape index (κ3) is 6.63. The Morgan fingerprint density at radius 1 is 0.524 bits per heavy atom. The van der Waals surface area contributed by atoms with Crippen molar-refractivity contribution in [1.82, 2.24) is 9.97 Å². The number of aromatic amines is 2. The number of carbonyl (C=O) groups is 2. The maximum absolute atomic E-state index is 11.7. The van der Waals surface area contributed by atoms with E-state index in [1.165, 1.54) is 0 Å². The first-order valence-corrected chi connectivity index (χ1v) is 12.6. The molecule has 0 aliphatic carbocycles. The molecular weight excluding hydrogens is 536 g/mol. The Hall–Kier alpha value is -6.30. The molecule has 0 bridgehead atoms. The summed E-state index contributed by atoms with van der Waals surface area (Å²) >= 11 is 0. The highest BCUT2D eigenvalue weighted by Crippen LogP contribution is 2.36. The lowest BCUT2D eigenvalue weighted by Gasteiger charge is -1.98. The van der Waals surface area contributed by atoms with Gasteiger partial charge in [-0.3, -0.25) is 0 Å². The van der Waals surface area contributed by atoms with E-state index in [0.29, 0.717) is 22.1 Å². The third-order valence-corrected chi connectivity index (χ3v) is 5.85. The van der Waals surface area contributed by atoms with Crippen LogP contribution in [0.3, 0.4) is 0 Å². The van der Waals surface area contributed by atoms with Crippen molar-refractivity contribution in [2.24, 2.45) is 20.5 Å². The molecule has 0 atom stereocenters. The number of hydrogen-bond acceptors (Lipinski definition) is 6. The van der Waals surface area contributed by atoms with Gasteiger partial charge in [0.15, 0.2) is 11.4 Å². The minimum Gasteiger partial charge on any atom is -0.493 e. The highest BCUT2D eigenvalue weighted by atomic mass is 16.3. The van der Waals surface area contributed by atoms with Crippen molar-refractivity contribution in [2.45, 2.75) is 0 Å². The number of para-hydroxylation sites is 4. The van der Waals surface area contributed by atoms with Crippen LogP contribution in [-0.2, 0) is 0 Å². The SMILES string of the molecule is O=C(N=Nc1c(O)[nH]c2ccccc12)Nc1ccccc1.O=C(N=Nc1c(O)[nH]c2ccccc12)Nc1ccccc1. The van der Waals surface area contributed by atoms with Gasteiger partial charge in [0.25, 0.3) is 0 Å². The van der Waals surface area contributed by atoms with E-state index in [9.17, 15) is 19.8 Å². The molecule has 0 aliphatic heterocycles. The standard InChI is InChI=1S/2C15H12N4O2/c2*20-14-13(11-8-4-5-9-12(11)17-14)18-19-15(21)16-10-6-2-1-3-7-10/h2*1-9,17,20H,(H,16,21). The van der Waals surface area contributed by atoms with Gasteiger partial charge in [-0.15, -0.1) is 10.2 Å². The fourth-order valence-electron chi connectivity index (χ4n) is 3.96. The number of fused-ring (bicyclic) bond motifs is 2. The minimum atomic E-state index is -0.606. The van der Waals surface area contributed by atoms with Crippen molar-refractivity contribution in [2.75, 3.05) is 10.6 Å². The Morgan fingerprint density at radius 3 is 1.29 bits per heavy atom. The zero-order chi connectivity index (χ0) is 29.3. The largest absolute Gasteiger partial charge is 0.493 e. The molecule has 12 nitrogen and oxygen atoms in total. The lowest BCUT2D eigenvalue weighted by Crippen LogP contribution is -2.04. The van der Waals surface area contributed by atoms with Crippen molar-refractivity contribution in [3.63, 3.8) is 0 Å². The smallest absolute Gasteiger partial charge is 0.364 e. The Morgan fingerprint density at radius 2 is 0.881 bits per heavy atom. The number of aromatic nitrogens is 2. The highest BCUT2D eigenvalue weighted by molar-refractivity contribution is 5.96. The molecule has 6 N–H and O–H groups in total. The van der Waals surface area contributed by atoms with Crippen molar-refractivity contribution >= 4 is 56.6 Å². The molecular formula is C30H24N8O4. The quantitative estimate of drug-likeness (QED) is 0.119. The second-order valence-electron chi connectivity index (χ2n) is 8.73. The molecule has 0 aliphatic rings. The molecule has 0 saturated heterocycles. The summed E-state index contributed by atoms with van der Waals surface area (Å²) in [7, 11) is 0. The minimum absolute atomic E-state index is 0.118. The molecule has 0 fully saturated rings. The summed E-state index contributed by atoms with van der Waals surface area (Å²) < 4.78 is 0. The predicted octanol–water partition coefficient (Wildman–Crippen LogP) is 8.38. The zero-order valence-electron chi connectivity index (χ0n) is 21.9. The average Bonchev–Trinajstić information content (AvgIpc) is 3.50. The molecule has 6 aromatic rings. The van der Waals surface area contributed by atoms with E-state index >= 15 is 0 Å². The van der Waals surface area contributed by atoms with E-state index < -0.39 is 12.1 Å². The van der Waals surface area contributed by atoms with Crippen molar-refractivity contribution in [3.8, 4) is 11.8 Å². The molecule has 0 radical (unpaired) electrons. The Balaban J connectivity index is 0.000000168. The van der Waals surface area contributed by atoms with Crippen molar-refractivity contribution in [3.05, 3.63) is 109 Å². The maximum Gasteiger partial charge on any atom is 0.364 e. The van der Waals surface area contributed by atoms with E-state index in [1.54, 1.807) is 72.8 Å². The number of rotatable bonds is 4. The summed E-state index contributed by atoms with van der Waals surface area (Å²) in [6.07, 6.45) is 0. The lowest BCUT2D eigenvalue weighted by atomic mass is 10.2. The van der Waals surface area contributed by atoms with Gasteiger partial charge in [-0.25, -0.2) is 9.59 Å². The molecule has 4 aromatic carbocycles. The Labute approximate surface area is 238 Å². The van der Waals surface area contributed by atoms with Gasteiger partial charge in [-0.05, 0) is 36.4 Å². The van der Waals surface area contributed by atoms with Crippen molar-refractivity contribution < 1.29 is 19.8 Å². The second kappa shape index (κ2) is 12.7. The fraction of sp³-hybridized carbons (Fsp3) is 0. The summed E-state index contributed by atoms with van der Waals surface area (Å²) in [4.78, 5) is 28.9. The van der Waals surface area contributed by atoms with Crippen LogP contribution in [0.1, 0.15) is 0 Å². The molecule has 208 valence electrons. The number of hydrogen-bond donors (Lipinski definition) is 6. The first kappa shape index (κ1) is 27.3. The molecule has 6 rings (SSSR count). The van der Waals surface area contributed by atoms with Crippen LogP contribution in [0.15, 0.2) is 130 Å². The maximum atomic E-state index is 11.7. The highest BCUT2D eigenvalue weighted by Gasteiger charge is 2.11. The number of nitrogens with zero attached hydrogens (tertiary/aromatic N) is 4.